The lowest BCUT2D eigenvalue weighted by molar-refractivity contribution is 0.408. The summed E-state index contributed by atoms with van der Waals surface area (Å²) in [5.74, 6) is 2.33. The van der Waals surface area contributed by atoms with Gasteiger partial charge in [0.15, 0.2) is 0 Å². The van der Waals surface area contributed by atoms with E-state index in [0.29, 0.717) is 12.0 Å². The highest BCUT2D eigenvalue weighted by Crippen LogP contribution is 2.45. The van der Waals surface area contributed by atoms with Gasteiger partial charge < -0.3 is 10.1 Å². The van der Waals surface area contributed by atoms with Crippen molar-refractivity contribution in [2.75, 3.05) is 7.05 Å². The van der Waals surface area contributed by atoms with Gasteiger partial charge in [0, 0.05) is 23.1 Å². The van der Waals surface area contributed by atoms with Gasteiger partial charge in [0.2, 0.25) is 0 Å². The molecule has 1 atom stereocenters. The van der Waals surface area contributed by atoms with Gasteiger partial charge in [-0.1, -0.05) is 43.3 Å². The molecule has 1 N–H and O–H groups in total. The third-order valence-corrected chi connectivity index (χ3v) is 3.94. The smallest absolute Gasteiger partial charge is 0.131 e. The minimum absolute atomic E-state index is 0.358. The third-order valence-electron chi connectivity index (χ3n) is 3.94. The molecule has 0 radical (unpaired) electrons. The molecule has 0 bridgehead atoms. The summed E-state index contributed by atoms with van der Waals surface area (Å²) in [5.41, 5.74) is 2.56. The first-order valence-corrected chi connectivity index (χ1v) is 6.88. The number of hydrogen-bond acceptors (Lipinski definition) is 2. The van der Waals surface area contributed by atoms with E-state index in [1.807, 2.05) is 19.2 Å². The van der Waals surface area contributed by atoms with E-state index < -0.39 is 0 Å². The minimum atomic E-state index is 0.358. The molecule has 0 amide bonds. The highest BCUT2D eigenvalue weighted by molar-refractivity contribution is 5.54. The second kappa shape index (κ2) is 5.06. The molecule has 2 nitrogen and oxygen atoms in total. The van der Waals surface area contributed by atoms with Gasteiger partial charge in [-0.25, -0.2) is 0 Å². The Balaban J connectivity index is 2.16. The molecule has 2 aromatic carbocycles. The van der Waals surface area contributed by atoms with E-state index in [1.54, 1.807) is 0 Å². The van der Waals surface area contributed by atoms with E-state index in [1.165, 1.54) is 11.1 Å². The Morgan fingerprint density at radius 2 is 1.53 bits per heavy atom. The third kappa shape index (κ3) is 2.02. The van der Waals surface area contributed by atoms with Crippen LogP contribution in [0.2, 0.25) is 0 Å². The van der Waals surface area contributed by atoms with Crippen molar-refractivity contribution in [3.05, 3.63) is 59.7 Å². The summed E-state index contributed by atoms with van der Waals surface area (Å²) in [7, 11) is 2.04. The molecule has 0 saturated heterocycles. The van der Waals surface area contributed by atoms with Crippen LogP contribution in [-0.2, 0) is 0 Å². The van der Waals surface area contributed by atoms with E-state index in [2.05, 4.69) is 48.6 Å². The summed E-state index contributed by atoms with van der Waals surface area (Å²) in [4.78, 5) is 0. The number of fused-ring (bicyclic) bond motifs is 2. The molecular weight excluding hydrogens is 234 g/mol. The number of ether oxygens (including phenoxy) is 1. The highest BCUT2D eigenvalue weighted by atomic mass is 16.5. The lowest BCUT2D eigenvalue weighted by atomic mass is 9.81. The van der Waals surface area contributed by atoms with E-state index >= 15 is 0 Å². The van der Waals surface area contributed by atoms with Crippen molar-refractivity contribution in [1.29, 1.82) is 0 Å². The Kier molecular flexibility index (Phi) is 3.26. The first-order chi connectivity index (χ1) is 9.35. The molecule has 2 heteroatoms. The second-order valence-corrected chi connectivity index (χ2v) is 4.96. The zero-order chi connectivity index (χ0) is 13.2. The maximum atomic E-state index is 6.02. The molecule has 0 aliphatic carbocycles. The monoisotopic (exact) mass is 253 g/mol. The molecule has 0 spiro atoms. The van der Waals surface area contributed by atoms with Crippen LogP contribution in [0.25, 0.3) is 0 Å². The van der Waals surface area contributed by atoms with Crippen LogP contribution in [0.3, 0.4) is 0 Å². The summed E-state index contributed by atoms with van der Waals surface area (Å²) >= 11 is 0. The maximum Gasteiger partial charge on any atom is 0.131 e. The van der Waals surface area contributed by atoms with Gasteiger partial charge in [0.25, 0.3) is 0 Å². The molecule has 19 heavy (non-hydrogen) atoms. The number of rotatable bonds is 3. The van der Waals surface area contributed by atoms with Crippen LogP contribution >= 0.6 is 0 Å². The van der Waals surface area contributed by atoms with Crippen molar-refractivity contribution < 1.29 is 4.74 Å². The van der Waals surface area contributed by atoms with Crippen LogP contribution in [-0.4, -0.2) is 13.1 Å². The van der Waals surface area contributed by atoms with E-state index in [0.717, 1.165) is 17.9 Å². The lowest BCUT2D eigenvalue weighted by Gasteiger charge is -2.33. The van der Waals surface area contributed by atoms with Gasteiger partial charge in [-0.05, 0) is 25.6 Å². The summed E-state index contributed by atoms with van der Waals surface area (Å²) in [6.07, 6.45) is 1.09. The average Bonchev–Trinajstić information content (AvgIpc) is 2.47. The quantitative estimate of drug-likeness (QED) is 0.895. The predicted molar refractivity (Wildman–Crippen MR) is 77.9 cm³/mol. The topological polar surface area (TPSA) is 21.3 Å². The fourth-order valence-corrected chi connectivity index (χ4v) is 2.99. The van der Waals surface area contributed by atoms with Crippen LogP contribution < -0.4 is 10.1 Å². The molecule has 0 saturated carbocycles. The zero-order valence-corrected chi connectivity index (χ0v) is 11.4. The molecule has 1 heterocycles. The van der Waals surface area contributed by atoms with Crippen molar-refractivity contribution in [3.8, 4) is 11.5 Å². The molecule has 0 fully saturated rings. The van der Waals surface area contributed by atoms with Crippen molar-refractivity contribution in [3.63, 3.8) is 0 Å². The Labute approximate surface area is 114 Å². The molecule has 3 rings (SSSR count). The van der Waals surface area contributed by atoms with Crippen molar-refractivity contribution in [1.82, 2.24) is 5.32 Å². The van der Waals surface area contributed by atoms with Crippen LogP contribution in [0.1, 0.15) is 30.4 Å². The van der Waals surface area contributed by atoms with E-state index in [9.17, 15) is 0 Å². The molecule has 1 aliphatic heterocycles. The van der Waals surface area contributed by atoms with Gasteiger partial charge >= 0.3 is 0 Å². The number of benzene rings is 2. The first kappa shape index (κ1) is 12.2. The Morgan fingerprint density at radius 1 is 1.00 bits per heavy atom. The Bertz CT molecular complexity index is 529. The first-order valence-electron chi connectivity index (χ1n) is 6.88. The second-order valence-electron chi connectivity index (χ2n) is 4.96. The number of nitrogens with one attached hydrogen (secondary N) is 1. The van der Waals surface area contributed by atoms with Crippen LogP contribution in [0.5, 0.6) is 11.5 Å². The van der Waals surface area contributed by atoms with E-state index in [4.69, 9.17) is 4.74 Å². The normalized spacial score (nSPS) is 15.3. The molecule has 0 aromatic heterocycles. The highest BCUT2D eigenvalue weighted by Gasteiger charge is 2.31. The summed E-state index contributed by atoms with van der Waals surface area (Å²) in [6.45, 7) is 2.22. The maximum absolute atomic E-state index is 6.02. The average molecular weight is 253 g/mol. The van der Waals surface area contributed by atoms with Crippen molar-refractivity contribution in [2.45, 2.75) is 25.3 Å². The molecular formula is C17H19NO. The Hall–Kier alpha value is -1.80. The molecule has 1 aliphatic rings. The van der Waals surface area contributed by atoms with E-state index in [-0.39, 0.29) is 0 Å². The Morgan fingerprint density at radius 3 is 2.00 bits per heavy atom. The van der Waals surface area contributed by atoms with Crippen molar-refractivity contribution in [2.24, 2.45) is 0 Å². The standard InChI is InChI=1S/C17H19NO/c1-3-14(18-2)17-12-8-4-6-10-15(12)19-16-11-7-5-9-13(16)17/h4-11,14,17-18H,3H2,1-2H3. The summed E-state index contributed by atoms with van der Waals surface area (Å²) in [5, 5.41) is 3.45. The van der Waals surface area contributed by atoms with Crippen LogP contribution in [0.4, 0.5) is 0 Å². The summed E-state index contributed by atoms with van der Waals surface area (Å²) in [6, 6.07) is 17.1. The fraction of sp³-hybridized carbons (Fsp3) is 0.294. The SMILES string of the molecule is CCC(NC)C1c2ccccc2Oc2ccccc21. The van der Waals surface area contributed by atoms with Crippen LogP contribution in [0, 0.1) is 0 Å². The van der Waals surface area contributed by atoms with Gasteiger partial charge in [-0.15, -0.1) is 0 Å². The van der Waals surface area contributed by atoms with Crippen LogP contribution in [0.15, 0.2) is 48.5 Å². The number of para-hydroxylation sites is 2. The summed E-state index contributed by atoms with van der Waals surface area (Å²) < 4.78 is 6.02. The van der Waals surface area contributed by atoms with Gasteiger partial charge in [-0.2, -0.15) is 0 Å². The molecule has 2 aromatic rings. The number of likely N-dealkylation sites (N-methyl/N-ethyl adjacent to an activating group) is 1. The van der Waals surface area contributed by atoms with Crippen molar-refractivity contribution >= 4 is 0 Å². The lowest BCUT2D eigenvalue weighted by Crippen LogP contribution is -2.33. The van der Waals surface area contributed by atoms with Gasteiger partial charge in [-0.3, -0.25) is 0 Å². The molecule has 98 valence electrons. The largest absolute Gasteiger partial charge is 0.457 e. The minimum Gasteiger partial charge on any atom is -0.457 e. The molecule has 1 unspecified atom stereocenters. The predicted octanol–water partition coefficient (Wildman–Crippen LogP) is 3.92. The van der Waals surface area contributed by atoms with Gasteiger partial charge in [0.1, 0.15) is 11.5 Å². The number of hydrogen-bond donors (Lipinski definition) is 1. The van der Waals surface area contributed by atoms with Gasteiger partial charge in [0.05, 0.1) is 0 Å². The zero-order valence-electron chi connectivity index (χ0n) is 11.4. The fourth-order valence-electron chi connectivity index (χ4n) is 2.99.